The van der Waals surface area contributed by atoms with Crippen molar-refractivity contribution in [3.8, 4) is 0 Å². The number of hydrogen-bond donors (Lipinski definition) is 2. The zero-order valence-corrected chi connectivity index (χ0v) is 18.2. The van der Waals surface area contributed by atoms with Crippen molar-refractivity contribution in [1.82, 2.24) is 20.4 Å². The molecule has 2 N–H and O–H groups in total. The van der Waals surface area contributed by atoms with Crippen LogP contribution in [0.25, 0.3) is 0 Å². The Morgan fingerprint density at radius 1 is 1.17 bits per heavy atom. The van der Waals surface area contributed by atoms with Crippen LogP contribution >= 0.6 is 11.3 Å². The normalized spacial score (nSPS) is 19.4. The van der Waals surface area contributed by atoms with Crippen LogP contribution in [-0.2, 0) is 0 Å². The summed E-state index contributed by atoms with van der Waals surface area (Å²) in [6.07, 6.45) is 7.06. The van der Waals surface area contributed by atoms with Gasteiger partial charge in [-0.1, -0.05) is 23.8 Å². The number of aromatic nitrogens is 2. The van der Waals surface area contributed by atoms with E-state index in [1.807, 2.05) is 0 Å². The van der Waals surface area contributed by atoms with Gasteiger partial charge in [-0.2, -0.15) is 0 Å². The van der Waals surface area contributed by atoms with Gasteiger partial charge in [-0.05, 0) is 63.8 Å². The first kappa shape index (κ1) is 20.9. The molecular formula is C22H29N5O2S. The molecule has 1 aromatic carbocycles. The van der Waals surface area contributed by atoms with Crippen LogP contribution in [0.2, 0.25) is 0 Å². The summed E-state index contributed by atoms with van der Waals surface area (Å²) in [5.41, 5.74) is 1.12. The van der Waals surface area contributed by atoms with Crippen molar-refractivity contribution in [1.29, 1.82) is 0 Å². The summed E-state index contributed by atoms with van der Waals surface area (Å²) >= 11 is 1.35. The molecule has 7 nitrogen and oxygen atoms in total. The molecule has 0 bridgehead atoms. The minimum absolute atomic E-state index is 0.121. The molecule has 2 amide bonds. The molecule has 1 atom stereocenters. The monoisotopic (exact) mass is 427 g/mol. The van der Waals surface area contributed by atoms with Crippen LogP contribution in [0.1, 0.15) is 76.5 Å². The molecule has 1 saturated heterocycles. The summed E-state index contributed by atoms with van der Waals surface area (Å²) in [4.78, 5) is 27.4. The molecule has 1 aliphatic carbocycles. The summed E-state index contributed by atoms with van der Waals surface area (Å²) in [6.45, 7) is 5.11. The number of carbonyl (C=O) groups excluding carboxylic acids is 2. The highest BCUT2D eigenvalue weighted by Gasteiger charge is 2.28. The molecule has 0 unspecified atom stereocenters. The Hall–Kier alpha value is -2.32. The summed E-state index contributed by atoms with van der Waals surface area (Å²) in [5, 5.41) is 15.2. The molecule has 0 spiro atoms. The number of anilines is 1. The number of rotatable bonds is 8. The summed E-state index contributed by atoms with van der Waals surface area (Å²) in [5.74, 6) is 0.0755. The first-order valence-corrected chi connectivity index (χ1v) is 11.7. The number of carbonyl (C=O) groups is 2. The van der Waals surface area contributed by atoms with Gasteiger partial charge in [0.05, 0.1) is 0 Å². The van der Waals surface area contributed by atoms with Crippen molar-refractivity contribution in [2.45, 2.75) is 57.4 Å². The Balaban J connectivity index is 1.25. The fourth-order valence-corrected chi connectivity index (χ4v) is 4.73. The molecule has 2 fully saturated rings. The van der Waals surface area contributed by atoms with E-state index in [1.165, 1.54) is 30.6 Å². The van der Waals surface area contributed by atoms with Crippen LogP contribution in [0.5, 0.6) is 0 Å². The molecule has 8 heteroatoms. The maximum Gasteiger partial charge on any atom is 0.286 e. The van der Waals surface area contributed by atoms with E-state index in [0.717, 1.165) is 37.4 Å². The second kappa shape index (κ2) is 9.66. The van der Waals surface area contributed by atoms with Crippen LogP contribution in [0.15, 0.2) is 24.3 Å². The first-order valence-electron chi connectivity index (χ1n) is 10.9. The molecular weight excluding hydrogens is 398 g/mol. The van der Waals surface area contributed by atoms with Crippen molar-refractivity contribution < 1.29 is 9.59 Å². The lowest BCUT2D eigenvalue weighted by Crippen LogP contribution is -2.39. The van der Waals surface area contributed by atoms with E-state index in [2.05, 4.69) is 32.7 Å². The summed E-state index contributed by atoms with van der Waals surface area (Å²) < 4.78 is 0. The van der Waals surface area contributed by atoms with Gasteiger partial charge in [0.25, 0.3) is 11.8 Å². The van der Waals surface area contributed by atoms with E-state index in [0.29, 0.717) is 34.8 Å². The Morgan fingerprint density at radius 3 is 2.83 bits per heavy atom. The van der Waals surface area contributed by atoms with Crippen LogP contribution in [-0.4, -0.2) is 52.6 Å². The van der Waals surface area contributed by atoms with Gasteiger partial charge < -0.3 is 15.5 Å². The second-order valence-electron chi connectivity index (χ2n) is 8.24. The Morgan fingerprint density at radius 2 is 2.03 bits per heavy atom. The number of nitrogens with one attached hydrogen (secondary N) is 2. The van der Waals surface area contributed by atoms with Gasteiger partial charge in [0.15, 0.2) is 0 Å². The summed E-state index contributed by atoms with van der Waals surface area (Å²) in [6, 6.07) is 7.64. The predicted octanol–water partition coefficient (Wildman–Crippen LogP) is 3.66. The number of nitrogens with zero attached hydrogens (tertiary/aromatic N) is 3. The molecule has 1 aliphatic heterocycles. The SMILES string of the molecule is C[C@@H]1CCCCN1CCCNC(=O)c1cccc(NC(=O)c2nnc(C3CC3)s2)c1. The minimum atomic E-state index is -0.285. The van der Waals surface area contributed by atoms with Crippen molar-refractivity contribution in [3.63, 3.8) is 0 Å². The van der Waals surface area contributed by atoms with E-state index in [4.69, 9.17) is 0 Å². The molecule has 0 radical (unpaired) electrons. The number of benzene rings is 1. The number of hydrogen-bond acceptors (Lipinski definition) is 6. The third kappa shape index (κ3) is 5.43. The first-order chi connectivity index (χ1) is 14.6. The molecule has 4 rings (SSSR count). The van der Waals surface area contributed by atoms with Crippen molar-refractivity contribution >= 4 is 28.8 Å². The Kier molecular flexibility index (Phi) is 6.74. The Bertz CT molecular complexity index is 895. The number of likely N-dealkylation sites (tertiary alicyclic amines) is 1. The molecule has 30 heavy (non-hydrogen) atoms. The fraction of sp³-hybridized carbons (Fsp3) is 0.545. The van der Waals surface area contributed by atoms with Crippen LogP contribution in [0.3, 0.4) is 0 Å². The van der Waals surface area contributed by atoms with Gasteiger partial charge in [-0.3, -0.25) is 9.59 Å². The zero-order valence-electron chi connectivity index (χ0n) is 17.4. The minimum Gasteiger partial charge on any atom is -0.352 e. The molecule has 2 aliphatic rings. The topological polar surface area (TPSA) is 87.2 Å². The van der Waals surface area contributed by atoms with E-state index < -0.39 is 0 Å². The van der Waals surface area contributed by atoms with Crippen LogP contribution in [0.4, 0.5) is 5.69 Å². The molecule has 2 heterocycles. The second-order valence-corrected chi connectivity index (χ2v) is 9.25. The molecule has 2 aromatic rings. The van der Waals surface area contributed by atoms with Gasteiger partial charge in [0.1, 0.15) is 5.01 Å². The highest BCUT2D eigenvalue weighted by Crippen LogP contribution is 2.41. The number of amides is 2. The predicted molar refractivity (Wildman–Crippen MR) is 118 cm³/mol. The lowest BCUT2D eigenvalue weighted by molar-refractivity contribution is 0.0947. The molecule has 1 aromatic heterocycles. The average Bonchev–Trinajstić information content (AvgIpc) is 3.48. The quantitative estimate of drug-likeness (QED) is 0.628. The third-order valence-electron chi connectivity index (χ3n) is 5.79. The zero-order chi connectivity index (χ0) is 20.9. The van der Waals surface area contributed by atoms with Crippen molar-refractivity contribution in [3.05, 3.63) is 39.8 Å². The van der Waals surface area contributed by atoms with Crippen molar-refractivity contribution in [2.24, 2.45) is 0 Å². The highest BCUT2D eigenvalue weighted by atomic mass is 32.1. The van der Waals surface area contributed by atoms with E-state index in [9.17, 15) is 9.59 Å². The van der Waals surface area contributed by atoms with Gasteiger partial charge in [-0.15, -0.1) is 10.2 Å². The summed E-state index contributed by atoms with van der Waals surface area (Å²) in [7, 11) is 0. The lowest BCUT2D eigenvalue weighted by atomic mass is 10.0. The molecule has 160 valence electrons. The van der Waals surface area contributed by atoms with Gasteiger partial charge in [-0.25, -0.2) is 0 Å². The van der Waals surface area contributed by atoms with Crippen LogP contribution < -0.4 is 10.6 Å². The lowest BCUT2D eigenvalue weighted by Gasteiger charge is -2.33. The van der Waals surface area contributed by atoms with E-state index in [1.54, 1.807) is 24.3 Å². The highest BCUT2D eigenvalue weighted by molar-refractivity contribution is 7.13. The maximum absolute atomic E-state index is 12.5. The fourth-order valence-electron chi connectivity index (χ4n) is 3.82. The molecule has 1 saturated carbocycles. The van der Waals surface area contributed by atoms with Crippen molar-refractivity contribution in [2.75, 3.05) is 25.0 Å². The van der Waals surface area contributed by atoms with E-state index >= 15 is 0 Å². The van der Waals surface area contributed by atoms with Gasteiger partial charge in [0, 0.05) is 36.3 Å². The van der Waals surface area contributed by atoms with Gasteiger partial charge >= 0.3 is 0 Å². The smallest absolute Gasteiger partial charge is 0.286 e. The van der Waals surface area contributed by atoms with Crippen LogP contribution in [0, 0.1) is 0 Å². The van der Waals surface area contributed by atoms with E-state index in [-0.39, 0.29) is 11.8 Å². The van der Waals surface area contributed by atoms with Gasteiger partial charge in [0.2, 0.25) is 5.01 Å². The average molecular weight is 428 g/mol. The Labute approximate surface area is 181 Å². The standard InChI is InChI=1S/C22H29N5O2S/c1-15-6-2-3-12-27(15)13-5-11-23-19(28)17-7-4-8-18(14-17)24-20(29)22-26-25-21(30-22)16-9-10-16/h4,7-8,14-16H,2-3,5-6,9-13H2,1H3,(H,23,28)(H,24,29)/t15-/m1/s1. The third-order valence-corrected chi connectivity index (χ3v) is 6.88. The number of piperidine rings is 1. The largest absolute Gasteiger partial charge is 0.352 e. The maximum atomic E-state index is 12.5.